The van der Waals surface area contributed by atoms with Crippen molar-refractivity contribution in [3.05, 3.63) is 78.1 Å². The van der Waals surface area contributed by atoms with Gasteiger partial charge in [0.2, 0.25) is 0 Å². The van der Waals surface area contributed by atoms with Gasteiger partial charge in [-0.1, -0.05) is 37.5 Å². The van der Waals surface area contributed by atoms with Crippen LogP contribution in [0.2, 0.25) is 0 Å². The van der Waals surface area contributed by atoms with Crippen molar-refractivity contribution in [3.8, 4) is 5.75 Å². The van der Waals surface area contributed by atoms with Crippen molar-refractivity contribution in [2.75, 3.05) is 34.0 Å². The summed E-state index contributed by atoms with van der Waals surface area (Å²) < 4.78 is 21.6. The fraction of sp³-hybridized carbons (Fsp3) is 0.296. The SMILES string of the molecule is C=N/C=C(\C=N)c1ccc(C2=CCC(OCCC(=C)COC)C=C2)cc1OC(=O)C(=C)COC. The van der Waals surface area contributed by atoms with Gasteiger partial charge in [0.15, 0.2) is 0 Å². The van der Waals surface area contributed by atoms with Gasteiger partial charge in [-0.15, -0.1) is 0 Å². The van der Waals surface area contributed by atoms with Gasteiger partial charge in [-0.25, -0.2) is 4.79 Å². The highest BCUT2D eigenvalue weighted by atomic mass is 16.5. The maximum absolute atomic E-state index is 12.5. The van der Waals surface area contributed by atoms with Crippen LogP contribution in [0.3, 0.4) is 0 Å². The predicted octanol–water partition coefficient (Wildman–Crippen LogP) is 4.81. The Kier molecular flexibility index (Phi) is 11.1. The van der Waals surface area contributed by atoms with Crippen LogP contribution in [0, 0.1) is 5.41 Å². The number of carbonyl (C=O) groups is 1. The van der Waals surface area contributed by atoms with Crippen molar-refractivity contribution in [1.82, 2.24) is 0 Å². The Morgan fingerprint density at radius 3 is 2.62 bits per heavy atom. The first-order valence-electron chi connectivity index (χ1n) is 10.8. The highest BCUT2D eigenvalue weighted by molar-refractivity contribution is 6.10. The third kappa shape index (κ3) is 7.88. The second-order valence-corrected chi connectivity index (χ2v) is 7.64. The quantitative estimate of drug-likeness (QED) is 0.140. The maximum Gasteiger partial charge on any atom is 0.341 e. The summed E-state index contributed by atoms with van der Waals surface area (Å²) in [6.45, 7) is 12.3. The lowest BCUT2D eigenvalue weighted by Crippen LogP contribution is -2.15. The molecule has 1 N–H and O–H groups in total. The summed E-state index contributed by atoms with van der Waals surface area (Å²) in [7, 11) is 3.13. The molecule has 1 aliphatic carbocycles. The topological polar surface area (TPSA) is 90.2 Å². The van der Waals surface area contributed by atoms with Gasteiger partial charge in [-0.3, -0.25) is 4.99 Å². The van der Waals surface area contributed by atoms with Crippen LogP contribution in [0.1, 0.15) is 24.0 Å². The lowest BCUT2D eigenvalue weighted by Gasteiger charge is -2.19. The number of aliphatic imine (C=N–C) groups is 1. The molecule has 7 heteroatoms. The number of hydrogen-bond acceptors (Lipinski definition) is 7. The van der Waals surface area contributed by atoms with Crippen molar-refractivity contribution in [2.24, 2.45) is 4.99 Å². The molecule has 0 bridgehead atoms. The van der Waals surface area contributed by atoms with E-state index in [2.05, 4.69) is 30.9 Å². The minimum atomic E-state index is -0.604. The number of hydrogen-bond donors (Lipinski definition) is 1. The lowest BCUT2D eigenvalue weighted by atomic mass is 9.95. The summed E-state index contributed by atoms with van der Waals surface area (Å²) >= 11 is 0. The van der Waals surface area contributed by atoms with Gasteiger partial charge < -0.3 is 24.4 Å². The zero-order chi connectivity index (χ0) is 24.9. The first-order valence-corrected chi connectivity index (χ1v) is 10.8. The molecule has 2 rings (SSSR count). The number of rotatable bonds is 14. The van der Waals surface area contributed by atoms with Gasteiger partial charge in [0.25, 0.3) is 0 Å². The van der Waals surface area contributed by atoms with E-state index in [-0.39, 0.29) is 18.3 Å². The maximum atomic E-state index is 12.5. The molecule has 34 heavy (non-hydrogen) atoms. The molecule has 7 nitrogen and oxygen atoms in total. The second kappa shape index (κ2) is 14.0. The van der Waals surface area contributed by atoms with Crippen LogP contribution in [0.25, 0.3) is 11.1 Å². The molecule has 0 aromatic heterocycles. The molecule has 0 heterocycles. The fourth-order valence-electron chi connectivity index (χ4n) is 3.28. The third-order valence-corrected chi connectivity index (χ3v) is 5.02. The van der Waals surface area contributed by atoms with E-state index in [1.807, 2.05) is 18.2 Å². The Balaban J connectivity index is 2.20. The van der Waals surface area contributed by atoms with E-state index in [9.17, 15) is 4.79 Å². The van der Waals surface area contributed by atoms with Crippen LogP contribution in [-0.4, -0.2) is 59.0 Å². The van der Waals surface area contributed by atoms with Crippen LogP contribution in [0.15, 0.2) is 71.9 Å². The smallest absolute Gasteiger partial charge is 0.341 e. The average molecular weight is 465 g/mol. The molecule has 0 saturated heterocycles. The lowest BCUT2D eigenvalue weighted by molar-refractivity contribution is -0.130. The van der Waals surface area contributed by atoms with E-state index in [1.54, 1.807) is 19.2 Å². The van der Waals surface area contributed by atoms with Crippen LogP contribution in [-0.2, 0) is 19.0 Å². The number of carbonyl (C=O) groups excluding carboxylic acids is 1. The number of allylic oxidation sites excluding steroid dienone is 3. The molecule has 0 spiro atoms. The molecule has 0 saturated carbocycles. The number of nitrogens with one attached hydrogen (secondary N) is 1. The predicted molar refractivity (Wildman–Crippen MR) is 137 cm³/mol. The minimum Gasteiger partial charge on any atom is -0.422 e. The largest absolute Gasteiger partial charge is 0.422 e. The Hall–Kier alpha value is -3.39. The van der Waals surface area contributed by atoms with E-state index in [0.29, 0.717) is 30.1 Å². The average Bonchev–Trinajstić information content (AvgIpc) is 2.83. The van der Waals surface area contributed by atoms with Gasteiger partial charge in [-0.05, 0) is 48.4 Å². The van der Waals surface area contributed by atoms with Crippen molar-refractivity contribution in [3.63, 3.8) is 0 Å². The van der Waals surface area contributed by atoms with Crippen LogP contribution in [0.4, 0.5) is 0 Å². The third-order valence-electron chi connectivity index (χ3n) is 5.02. The molecule has 1 aliphatic rings. The molecule has 0 radical (unpaired) electrons. The number of esters is 1. The zero-order valence-corrected chi connectivity index (χ0v) is 19.8. The van der Waals surface area contributed by atoms with E-state index in [1.165, 1.54) is 13.3 Å². The normalized spacial score (nSPS) is 15.4. The Morgan fingerprint density at radius 1 is 1.24 bits per heavy atom. The molecular formula is C27H32N2O5. The summed E-state index contributed by atoms with van der Waals surface area (Å²) in [5.74, 6) is -0.310. The Bertz CT molecular complexity index is 1020. The molecule has 0 fully saturated rings. The molecule has 1 atom stereocenters. The molecule has 1 aromatic rings. The molecule has 0 aliphatic heterocycles. The van der Waals surface area contributed by atoms with Gasteiger partial charge >= 0.3 is 5.97 Å². The Morgan fingerprint density at radius 2 is 2.00 bits per heavy atom. The van der Waals surface area contributed by atoms with Crippen LogP contribution < -0.4 is 4.74 Å². The van der Waals surface area contributed by atoms with Crippen molar-refractivity contribution in [2.45, 2.75) is 18.9 Å². The number of benzene rings is 1. The molecule has 0 amide bonds. The highest BCUT2D eigenvalue weighted by Gasteiger charge is 2.17. The number of methoxy groups -OCH3 is 2. The summed E-state index contributed by atoms with van der Waals surface area (Å²) in [5.41, 5.74) is 4.03. The van der Waals surface area contributed by atoms with Crippen molar-refractivity contribution in [1.29, 1.82) is 5.41 Å². The Labute approximate surface area is 201 Å². The molecule has 1 unspecified atom stereocenters. The van der Waals surface area contributed by atoms with Gasteiger partial charge in [0, 0.05) is 37.8 Å². The van der Waals surface area contributed by atoms with Gasteiger partial charge in [-0.2, -0.15) is 0 Å². The van der Waals surface area contributed by atoms with Gasteiger partial charge in [0.05, 0.1) is 31.5 Å². The molecular weight excluding hydrogens is 432 g/mol. The van der Waals surface area contributed by atoms with Crippen molar-refractivity contribution >= 4 is 30.0 Å². The summed E-state index contributed by atoms with van der Waals surface area (Å²) in [6.07, 6.45) is 10.1. The second-order valence-electron chi connectivity index (χ2n) is 7.64. The van der Waals surface area contributed by atoms with Gasteiger partial charge in [0.1, 0.15) is 5.75 Å². The van der Waals surface area contributed by atoms with Crippen LogP contribution in [0.5, 0.6) is 5.75 Å². The van der Waals surface area contributed by atoms with E-state index >= 15 is 0 Å². The monoisotopic (exact) mass is 464 g/mol. The van der Waals surface area contributed by atoms with E-state index in [4.69, 9.17) is 24.4 Å². The summed E-state index contributed by atoms with van der Waals surface area (Å²) in [4.78, 5) is 16.2. The summed E-state index contributed by atoms with van der Waals surface area (Å²) in [5, 5.41) is 7.70. The first-order chi connectivity index (χ1) is 16.4. The first kappa shape index (κ1) is 26.9. The van der Waals surface area contributed by atoms with E-state index < -0.39 is 5.97 Å². The summed E-state index contributed by atoms with van der Waals surface area (Å²) in [6, 6.07) is 5.46. The standard InChI is InChI=1S/C27H32N2O5/c1-19(17-31-4)12-13-33-24-9-6-21(7-10-24)22-8-11-25(23(15-28)16-29-3)26(14-22)34-27(30)20(2)18-32-5/h6-9,11,14-16,24,28H,1-3,10,12-13,17-18H2,4-5H3/b23-16+,28-15?. The number of ether oxygens (including phenoxy) is 4. The highest BCUT2D eigenvalue weighted by Crippen LogP contribution is 2.32. The van der Waals surface area contributed by atoms with E-state index in [0.717, 1.165) is 35.8 Å². The van der Waals surface area contributed by atoms with Crippen molar-refractivity contribution < 1.29 is 23.7 Å². The minimum absolute atomic E-state index is 0.0147. The zero-order valence-electron chi connectivity index (χ0n) is 19.8. The molecule has 180 valence electrons. The molecule has 1 aromatic carbocycles. The number of nitrogens with zero attached hydrogens (tertiary/aromatic N) is 1. The van der Waals surface area contributed by atoms with Crippen LogP contribution >= 0.6 is 0 Å². The fourth-order valence-corrected chi connectivity index (χ4v) is 3.28.